The molecule has 0 bridgehead atoms. The second kappa shape index (κ2) is 7.26. The zero-order chi connectivity index (χ0) is 15.2. The van der Waals surface area contributed by atoms with Gasteiger partial charge in [0.2, 0.25) is 0 Å². The Bertz CT molecular complexity index is 607. The van der Waals surface area contributed by atoms with E-state index in [2.05, 4.69) is 10.4 Å². The maximum absolute atomic E-state index is 6.16. The van der Waals surface area contributed by atoms with E-state index in [-0.39, 0.29) is 6.04 Å². The normalized spacial score (nSPS) is 12.0. The third-order valence-corrected chi connectivity index (χ3v) is 3.63. The van der Waals surface area contributed by atoms with Crippen molar-refractivity contribution in [1.82, 2.24) is 10.4 Å². The van der Waals surface area contributed by atoms with Crippen molar-refractivity contribution in [2.75, 3.05) is 14.2 Å². The van der Waals surface area contributed by atoms with E-state index in [1.165, 1.54) is 0 Å². The maximum atomic E-state index is 6.16. The summed E-state index contributed by atoms with van der Waals surface area (Å²) < 4.78 is 10.7. The number of hydrogen-bond donors (Lipinski definition) is 2. The Hall–Kier alpha value is -1.82. The Morgan fingerprint density at radius 2 is 2.10 bits per heavy atom. The zero-order valence-electron chi connectivity index (χ0n) is 12.0. The van der Waals surface area contributed by atoms with Crippen molar-refractivity contribution in [2.24, 2.45) is 5.84 Å². The molecule has 0 spiro atoms. The van der Waals surface area contributed by atoms with Gasteiger partial charge in [0.15, 0.2) is 0 Å². The van der Waals surface area contributed by atoms with Gasteiger partial charge in [-0.25, -0.2) is 0 Å². The van der Waals surface area contributed by atoms with Gasteiger partial charge < -0.3 is 9.47 Å². The summed E-state index contributed by atoms with van der Waals surface area (Å²) in [5, 5.41) is 0.611. The van der Waals surface area contributed by atoms with Gasteiger partial charge in [-0.15, -0.1) is 0 Å². The van der Waals surface area contributed by atoms with Crippen molar-refractivity contribution in [3.63, 3.8) is 0 Å². The third-order valence-electron chi connectivity index (χ3n) is 3.29. The van der Waals surface area contributed by atoms with E-state index in [4.69, 9.17) is 26.9 Å². The fourth-order valence-corrected chi connectivity index (χ4v) is 2.36. The van der Waals surface area contributed by atoms with Gasteiger partial charge in [-0.2, -0.15) is 0 Å². The van der Waals surface area contributed by atoms with E-state index >= 15 is 0 Å². The molecule has 1 aromatic heterocycles. The highest BCUT2D eigenvalue weighted by Crippen LogP contribution is 2.31. The number of methoxy groups -OCH3 is 2. The lowest BCUT2D eigenvalue weighted by Gasteiger charge is -2.20. The Morgan fingerprint density at radius 3 is 2.71 bits per heavy atom. The predicted octanol–water partition coefficient (Wildman–Crippen LogP) is 2.50. The molecule has 2 aromatic rings. The number of hydrogen-bond acceptors (Lipinski definition) is 5. The van der Waals surface area contributed by atoms with Crippen molar-refractivity contribution in [2.45, 2.75) is 12.5 Å². The highest BCUT2D eigenvalue weighted by atomic mass is 35.5. The molecular formula is C15H18ClN3O2. The summed E-state index contributed by atoms with van der Waals surface area (Å²) in [6.45, 7) is 0. The lowest BCUT2D eigenvalue weighted by atomic mass is 9.99. The molecular weight excluding hydrogens is 290 g/mol. The molecule has 0 radical (unpaired) electrons. The van der Waals surface area contributed by atoms with Gasteiger partial charge in [0.25, 0.3) is 0 Å². The Balaban J connectivity index is 2.34. The molecule has 0 amide bonds. The van der Waals surface area contributed by atoms with E-state index in [1.807, 2.05) is 24.3 Å². The fraction of sp³-hybridized carbons (Fsp3) is 0.267. The Kier molecular flexibility index (Phi) is 5.38. The second-order valence-corrected chi connectivity index (χ2v) is 4.91. The molecule has 1 unspecified atom stereocenters. The zero-order valence-corrected chi connectivity index (χ0v) is 12.7. The van der Waals surface area contributed by atoms with E-state index in [9.17, 15) is 0 Å². The molecule has 0 saturated carbocycles. The molecule has 112 valence electrons. The molecule has 0 saturated heterocycles. The average molecular weight is 308 g/mol. The summed E-state index contributed by atoms with van der Waals surface area (Å²) in [5.41, 5.74) is 4.67. The molecule has 5 nitrogen and oxygen atoms in total. The molecule has 0 fully saturated rings. The number of aromatic nitrogens is 1. The summed E-state index contributed by atoms with van der Waals surface area (Å²) in [5.74, 6) is 7.19. The number of ether oxygens (including phenoxy) is 2. The van der Waals surface area contributed by atoms with E-state index < -0.39 is 0 Å². The number of benzene rings is 1. The minimum atomic E-state index is -0.157. The third kappa shape index (κ3) is 3.64. The molecule has 1 atom stereocenters. The number of pyridine rings is 1. The van der Waals surface area contributed by atoms with Crippen LogP contribution < -0.4 is 20.7 Å². The van der Waals surface area contributed by atoms with E-state index in [0.29, 0.717) is 11.4 Å². The van der Waals surface area contributed by atoms with Crippen molar-refractivity contribution in [1.29, 1.82) is 0 Å². The SMILES string of the molecule is COc1ccc(OC)c(C(Cc2ccncc2Cl)NN)c1. The van der Waals surface area contributed by atoms with Crippen molar-refractivity contribution in [3.8, 4) is 11.5 Å². The van der Waals surface area contributed by atoms with Crippen LogP contribution in [0, 0.1) is 0 Å². The first kappa shape index (κ1) is 15.6. The summed E-state index contributed by atoms with van der Waals surface area (Å²) in [6, 6.07) is 7.31. The first-order valence-corrected chi connectivity index (χ1v) is 6.83. The quantitative estimate of drug-likeness (QED) is 0.634. The van der Waals surface area contributed by atoms with Gasteiger partial charge in [0.05, 0.1) is 25.3 Å². The van der Waals surface area contributed by atoms with Crippen LogP contribution in [0.25, 0.3) is 0 Å². The number of nitrogens with two attached hydrogens (primary N) is 1. The minimum Gasteiger partial charge on any atom is -0.497 e. The molecule has 0 aliphatic carbocycles. The van der Waals surface area contributed by atoms with E-state index in [0.717, 1.165) is 22.6 Å². The standard InChI is InChI=1S/C15H18ClN3O2/c1-20-11-3-4-15(21-2)12(8-11)14(19-17)7-10-5-6-18-9-13(10)16/h3-6,8-9,14,19H,7,17H2,1-2H3. The lowest BCUT2D eigenvalue weighted by Crippen LogP contribution is -2.30. The van der Waals surface area contributed by atoms with Gasteiger partial charge in [-0.1, -0.05) is 11.6 Å². The van der Waals surface area contributed by atoms with Crippen LogP contribution in [0.5, 0.6) is 11.5 Å². The monoisotopic (exact) mass is 307 g/mol. The van der Waals surface area contributed by atoms with Crippen molar-refractivity contribution >= 4 is 11.6 Å². The molecule has 0 aliphatic heterocycles. The van der Waals surface area contributed by atoms with Crippen LogP contribution in [0.1, 0.15) is 17.2 Å². The van der Waals surface area contributed by atoms with Crippen LogP contribution >= 0.6 is 11.6 Å². The summed E-state index contributed by atoms with van der Waals surface area (Å²) in [6.07, 6.45) is 3.94. The second-order valence-electron chi connectivity index (χ2n) is 4.50. The van der Waals surface area contributed by atoms with Crippen LogP contribution in [0.15, 0.2) is 36.7 Å². The van der Waals surface area contributed by atoms with Gasteiger partial charge in [-0.3, -0.25) is 16.3 Å². The topological polar surface area (TPSA) is 69.4 Å². The maximum Gasteiger partial charge on any atom is 0.123 e. The number of rotatable bonds is 6. The molecule has 6 heteroatoms. The molecule has 1 aromatic carbocycles. The summed E-state index contributed by atoms with van der Waals surface area (Å²) >= 11 is 6.16. The minimum absolute atomic E-state index is 0.157. The first-order valence-electron chi connectivity index (χ1n) is 6.46. The number of nitrogens with zero attached hydrogens (tertiary/aromatic N) is 1. The smallest absolute Gasteiger partial charge is 0.123 e. The Labute approximate surface area is 129 Å². The van der Waals surface area contributed by atoms with Crippen LogP contribution in [-0.2, 0) is 6.42 Å². The lowest BCUT2D eigenvalue weighted by molar-refractivity contribution is 0.389. The van der Waals surface area contributed by atoms with Crippen LogP contribution in [0.3, 0.4) is 0 Å². The van der Waals surface area contributed by atoms with Gasteiger partial charge in [-0.05, 0) is 36.2 Å². The van der Waals surface area contributed by atoms with Crippen LogP contribution in [-0.4, -0.2) is 19.2 Å². The summed E-state index contributed by atoms with van der Waals surface area (Å²) in [4.78, 5) is 3.98. The predicted molar refractivity (Wildman–Crippen MR) is 82.6 cm³/mol. The fourth-order valence-electron chi connectivity index (χ4n) is 2.16. The molecule has 21 heavy (non-hydrogen) atoms. The first-order chi connectivity index (χ1) is 10.2. The number of nitrogens with one attached hydrogen (secondary N) is 1. The number of halogens is 1. The van der Waals surface area contributed by atoms with Crippen LogP contribution in [0.2, 0.25) is 5.02 Å². The van der Waals surface area contributed by atoms with Gasteiger partial charge >= 0.3 is 0 Å². The van der Waals surface area contributed by atoms with Crippen molar-refractivity contribution < 1.29 is 9.47 Å². The van der Waals surface area contributed by atoms with Gasteiger partial charge in [0.1, 0.15) is 11.5 Å². The largest absolute Gasteiger partial charge is 0.497 e. The highest BCUT2D eigenvalue weighted by Gasteiger charge is 2.17. The number of hydrazine groups is 1. The van der Waals surface area contributed by atoms with Crippen LogP contribution in [0.4, 0.5) is 0 Å². The molecule has 3 N–H and O–H groups in total. The van der Waals surface area contributed by atoms with Crippen molar-refractivity contribution in [3.05, 3.63) is 52.8 Å². The highest BCUT2D eigenvalue weighted by molar-refractivity contribution is 6.31. The molecule has 2 rings (SSSR count). The average Bonchev–Trinajstić information content (AvgIpc) is 2.53. The molecule has 0 aliphatic rings. The van der Waals surface area contributed by atoms with Gasteiger partial charge in [0, 0.05) is 18.0 Å². The van der Waals surface area contributed by atoms with E-state index in [1.54, 1.807) is 26.6 Å². The molecule has 1 heterocycles. The summed E-state index contributed by atoms with van der Waals surface area (Å²) in [7, 11) is 3.24. The Morgan fingerprint density at radius 1 is 1.29 bits per heavy atom.